The first-order valence-corrected chi connectivity index (χ1v) is 9.69. The van der Waals surface area contributed by atoms with E-state index >= 15 is 0 Å². The molecule has 0 aliphatic carbocycles. The Balaban J connectivity index is 1.89. The number of hydrogen-bond acceptors (Lipinski definition) is 6. The van der Waals surface area contributed by atoms with Crippen molar-refractivity contribution < 1.29 is 18.8 Å². The van der Waals surface area contributed by atoms with E-state index in [-0.39, 0.29) is 22.9 Å². The SMILES string of the molecule is CCOc1cc(C=Cc2[nH]c(=O)[nH]c(=O)c2[N+](=O)[O-])ccc1OCc1c(F)cccc1Cl. The van der Waals surface area contributed by atoms with E-state index in [0.717, 1.165) is 0 Å². The van der Waals surface area contributed by atoms with E-state index in [1.807, 2.05) is 4.98 Å². The summed E-state index contributed by atoms with van der Waals surface area (Å²) in [6, 6.07) is 9.11. The maximum atomic E-state index is 14.0. The van der Waals surface area contributed by atoms with E-state index < -0.39 is 27.7 Å². The standard InChI is InChI=1S/C21H17ClFN3O6/c1-2-31-18-10-12(6-8-16-19(26(29)30)20(27)25-21(28)24-16)7-9-17(18)32-11-13-14(22)4-3-5-15(13)23/h3-10H,2,11H2,1H3,(H2,24,25,27,28). The summed E-state index contributed by atoms with van der Waals surface area (Å²) in [4.78, 5) is 37.5. The molecule has 0 spiro atoms. The number of nitrogens with one attached hydrogen (secondary N) is 2. The molecule has 0 fully saturated rings. The Morgan fingerprint density at radius 2 is 1.91 bits per heavy atom. The van der Waals surface area contributed by atoms with Crippen molar-refractivity contribution in [3.05, 3.63) is 95.0 Å². The highest BCUT2D eigenvalue weighted by atomic mass is 35.5. The Morgan fingerprint density at radius 3 is 2.59 bits per heavy atom. The van der Waals surface area contributed by atoms with Gasteiger partial charge >= 0.3 is 16.9 Å². The van der Waals surface area contributed by atoms with Gasteiger partial charge in [0.05, 0.1) is 16.6 Å². The van der Waals surface area contributed by atoms with Gasteiger partial charge in [-0.2, -0.15) is 0 Å². The second kappa shape index (κ2) is 9.92. The van der Waals surface area contributed by atoms with Crippen molar-refractivity contribution >= 4 is 29.4 Å². The van der Waals surface area contributed by atoms with E-state index in [1.165, 1.54) is 24.3 Å². The van der Waals surface area contributed by atoms with Gasteiger partial charge in [-0.25, -0.2) is 9.18 Å². The van der Waals surface area contributed by atoms with Crippen LogP contribution >= 0.6 is 11.6 Å². The van der Waals surface area contributed by atoms with Crippen LogP contribution in [0.1, 0.15) is 23.7 Å². The van der Waals surface area contributed by atoms with Gasteiger partial charge in [0, 0.05) is 5.56 Å². The number of nitro groups is 1. The highest BCUT2D eigenvalue weighted by Gasteiger charge is 2.19. The number of aromatic nitrogens is 2. The zero-order chi connectivity index (χ0) is 23.3. The molecule has 0 amide bonds. The second-order valence-electron chi connectivity index (χ2n) is 6.39. The molecule has 0 saturated heterocycles. The molecule has 0 aliphatic rings. The number of benzene rings is 2. The predicted octanol–water partition coefficient (Wildman–Crippen LogP) is 3.91. The third kappa shape index (κ3) is 5.22. The Kier molecular flexibility index (Phi) is 7.06. The van der Waals surface area contributed by atoms with Gasteiger partial charge in [-0.1, -0.05) is 29.8 Å². The van der Waals surface area contributed by atoms with Gasteiger partial charge in [-0.3, -0.25) is 19.9 Å². The van der Waals surface area contributed by atoms with Crippen molar-refractivity contribution in [1.29, 1.82) is 0 Å². The van der Waals surface area contributed by atoms with Crippen LogP contribution in [-0.2, 0) is 6.61 Å². The summed E-state index contributed by atoms with van der Waals surface area (Å²) in [5.74, 6) is 0.179. The molecule has 0 bridgehead atoms. The van der Waals surface area contributed by atoms with Crippen LogP contribution < -0.4 is 20.7 Å². The fourth-order valence-electron chi connectivity index (χ4n) is 2.81. The Labute approximate surface area is 185 Å². The van der Waals surface area contributed by atoms with Crippen molar-refractivity contribution in [3.63, 3.8) is 0 Å². The quantitative estimate of drug-likeness (QED) is 0.386. The number of rotatable bonds is 8. The molecule has 0 saturated carbocycles. The molecule has 2 aromatic carbocycles. The molecule has 0 atom stereocenters. The first-order valence-electron chi connectivity index (χ1n) is 9.31. The first-order chi connectivity index (χ1) is 15.3. The molecular formula is C21H17ClFN3O6. The molecule has 0 aliphatic heterocycles. The van der Waals surface area contributed by atoms with Gasteiger partial charge in [0.2, 0.25) is 0 Å². The molecular weight excluding hydrogens is 445 g/mol. The number of ether oxygens (including phenoxy) is 2. The highest BCUT2D eigenvalue weighted by Crippen LogP contribution is 2.31. The smallest absolute Gasteiger partial charge is 0.357 e. The summed E-state index contributed by atoms with van der Waals surface area (Å²) in [7, 11) is 0. The summed E-state index contributed by atoms with van der Waals surface area (Å²) in [5.41, 5.74) is -2.27. The highest BCUT2D eigenvalue weighted by molar-refractivity contribution is 6.31. The summed E-state index contributed by atoms with van der Waals surface area (Å²) in [5, 5.41) is 11.4. The number of nitrogens with zero attached hydrogens (tertiary/aromatic N) is 1. The maximum Gasteiger partial charge on any atom is 0.357 e. The van der Waals surface area contributed by atoms with Crippen LogP contribution in [0, 0.1) is 15.9 Å². The van der Waals surface area contributed by atoms with Crippen LogP contribution in [0.25, 0.3) is 12.2 Å². The molecule has 0 unspecified atom stereocenters. The summed E-state index contributed by atoms with van der Waals surface area (Å²) in [6.07, 6.45) is 2.69. The fourth-order valence-corrected chi connectivity index (χ4v) is 3.03. The fraction of sp³-hybridized carbons (Fsp3) is 0.143. The predicted molar refractivity (Wildman–Crippen MR) is 117 cm³/mol. The lowest BCUT2D eigenvalue weighted by atomic mass is 10.1. The minimum Gasteiger partial charge on any atom is -0.490 e. The topological polar surface area (TPSA) is 127 Å². The molecule has 0 radical (unpaired) electrons. The summed E-state index contributed by atoms with van der Waals surface area (Å²) < 4.78 is 25.2. The van der Waals surface area contributed by atoms with Crippen LogP contribution in [0.15, 0.2) is 46.0 Å². The molecule has 3 rings (SSSR count). The lowest BCUT2D eigenvalue weighted by Gasteiger charge is -2.13. The monoisotopic (exact) mass is 461 g/mol. The van der Waals surface area contributed by atoms with Gasteiger partial charge in [0.25, 0.3) is 0 Å². The van der Waals surface area contributed by atoms with Gasteiger partial charge in [-0.15, -0.1) is 0 Å². The molecule has 32 heavy (non-hydrogen) atoms. The van der Waals surface area contributed by atoms with Gasteiger partial charge in [0.1, 0.15) is 18.1 Å². The Morgan fingerprint density at radius 1 is 1.12 bits per heavy atom. The molecule has 9 nitrogen and oxygen atoms in total. The average molecular weight is 462 g/mol. The third-order valence-corrected chi connectivity index (χ3v) is 4.63. The zero-order valence-electron chi connectivity index (χ0n) is 16.7. The van der Waals surface area contributed by atoms with Gasteiger partial charge in [0.15, 0.2) is 11.5 Å². The zero-order valence-corrected chi connectivity index (χ0v) is 17.4. The van der Waals surface area contributed by atoms with Crippen molar-refractivity contribution in [1.82, 2.24) is 9.97 Å². The van der Waals surface area contributed by atoms with Crippen molar-refractivity contribution in [2.24, 2.45) is 0 Å². The normalized spacial score (nSPS) is 11.0. The second-order valence-corrected chi connectivity index (χ2v) is 6.80. The maximum absolute atomic E-state index is 14.0. The van der Waals surface area contributed by atoms with E-state index in [2.05, 4.69) is 4.98 Å². The molecule has 11 heteroatoms. The van der Waals surface area contributed by atoms with Crippen LogP contribution in [0.4, 0.5) is 10.1 Å². The van der Waals surface area contributed by atoms with Crippen LogP contribution in [-0.4, -0.2) is 21.5 Å². The lowest BCUT2D eigenvalue weighted by Crippen LogP contribution is -2.25. The number of H-pyrrole nitrogens is 2. The van der Waals surface area contributed by atoms with Crippen LogP contribution in [0.3, 0.4) is 0 Å². The van der Waals surface area contributed by atoms with E-state index in [1.54, 1.807) is 31.2 Å². The minimum absolute atomic E-state index is 0.124. The van der Waals surface area contributed by atoms with Crippen molar-refractivity contribution in [2.45, 2.75) is 13.5 Å². The first kappa shape index (κ1) is 22.8. The Bertz CT molecular complexity index is 1280. The van der Waals surface area contributed by atoms with E-state index in [9.17, 15) is 24.1 Å². The molecule has 3 aromatic rings. The van der Waals surface area contributed by atoms with Crippen LogP contribution in [0.2, 0.25) is 5.02 Å². The number of aromatic amines is 2. The number of hydrogen-bond donors (Lipinski definition) is 2. The number of halogens is 2. The molecule has 2 N–H and O–H groups in total. The molecule has 1 heterocycles. The Hall–Kier alpha value is -3.92. The minimum atomic E-state index is -1.11. The van der Waals surface area contributed by atoms with Crippen LogP contribution in [0.5, 0.6) is 11.5 Å². The van der Waals surface area contributed by atoms with Crippen molar-refractivity contribution in [2.75, 3.05) is 6.61 Å². The molecule has 166 valence electrons. The largest absolute Gasteiger partial charge is 0.490 e. The lowest BCUT2D eigenvalue weighted by molar-refractivity contribution is -0.386. The van der Waals surface area contributed by atoms with Gasteiger partial charge < -0.3 is 14.5 Å². The summed E-state index contributed by atoms with van der Waals surface area (Å²) >= 11 is 6.02. The third-order valence-electron chi connectivity index (χ3n) is 4.27. The van der Waals surface area contributed by atoms with E-state index in [4.69, 9.17) is 21.1 Å². The van der Waals surface area contributed by atoms with Gasteiger partial charge in [-0.05, 0) is 42.8 Å². The van der Waals surface area contributed by atoms with Crippen molar-refractivity contribution in [3.8, 4) is 11.5 Å². The van der Waals surface area contributed by atoms with E-state index in [0.29, 0.717) is 23.7 Å². The summed E-state index contributed by atoms with van der Waals surface area (Å²) in [6.45, 7) is 1.96. The molecule has 1 aromatic heterocycles. The average Bonchev–Trinajstić information content (AvgIpc) is 2.72.